The van der Waals surface area contributed by atoms with E-state index < -0.39 is 0 Å². The van der Waals surface area contributed by atoms with E-state index in [2.05, 4.69) is 50.2 Å². The third kappa shape index (κ3) is 5.51. The quantitative estimate of drug-likeness (QED) is 0.655. The molecule has 18 heavy (non-hydrogen) atoms. The minimum atomic E-state index is 0.831. The largest absolute Gasteiger partial charge is 0.495 e. The summed E-state index contributed by atoms with van der Waals surface area (Å²) in [6.45, 7) is 4.07. The first-order valence-corrected chi connectivity index (χ1v) is 8.73. The maximum Gasteiger partial charge on any atom is 0.137 e. The molecule has 0 aliphatic carbocycles. The average Bonchev–Trinajstić information content (AvgIpc) is 2.33. The highest BCUT2D eigenvalue weighted by Gasteiger charge is 2.08. The first kappa shape index (κ1) is 16.3. The molecule has 0 heterocycles. The van der Waals surface area contributed by atoms with Gasteiger partial charge in [-0.05, 0) is 52.5 Å². The van der Waals surface area contributed by atoms with Crippen LogP contribution in [0.4, 0.5) is 0 Å². The topological polar surface area (TPSA) is 21.3 Å². The van der Waals surface area contributed by atoms with Gasteiger partial charge in [0.2, 0.25) is 0 Å². The molecule has 0 aromatic heterocycles. The maximum atomic E-state index is 5.41. The Morgan fingerprint density at radius 2 is 2.11 bits per heavy atom. The normalized spacial score (nSPS) is 10.7. The van der Waals surface area contributed by atoms with Gasteiger partial charge in [-0.15, -0.1) is 0 Å². The molecule has 1 aromatic carbocycles. The molecule has 0 saturated carbocycles. The molecule has 5 heteroatoms. The summed E-state index contributed by atoms with van der Waals surface area (Å²) in [5.41, 5.74) is 1.17. The third-order valence-corrected chi connectivity index (χ3v) is 4.48. The van der Waals surface area contributed by atoms with Crippen molar-refractivity contribution in [2.24, 2.45) is 0 Å². The minimum Gasteiger partial charge on any atom is -0.495 e. The maximum absolute atomic E-state index is 5.41. The molecule has 1 aromatic rings. The van der Waals surface area contributed by atoms with E-state index >= 15 is 0 Å². The van der Waals surface area contributed by atoms with Crippen LogP contribution in [0.15, 0.2) is 21.1 Å². The summed E-state index contributed by atoms with van der Waals surface area (Å²) < 4.78 is 7.46. The Balaban J connectivity index is 2.46. The summed E-state index contributed by atoms with van der Waals surface area (Å²) >= 11 is 9.01. The Kier molecular flexibility index (Phi) is 8.39. The van der Waals surface area contributed by atoms with E-state index in [0.717, 1.165) is 27.8 Å². The van der Waals surface area contributed by atoms with Crippen LogP contribution < -0.4 is 10.1 Å². The second-order valence-corrected chi connectivity index (χ2v) is 6.97. The summed E-state index contributed by atoms with van der Waals surface area (Å²) in [5, 5.41) is 3.45. The Morgan fingerprint density at radius 1 is 1.33 bits per heavy atom. The van der Waals surface area contributed by atoms with E-state index in [1.54, 1.807) is 7.11 Å². The van der Waals surface area contributed by atoms with Crippen molar-refractivity contribution in [3.8, 4) is 5.75 Å². The van der Waals surface area contributed by atoms with Crippen LogP contribution in [0.5, 0.6) is 5.75 Å². The molecule has 2 nitrogen and oxygen atoms in total. The van der Waals surface area contributed by atoms with Gasteiger partial charge in [0.05, 0.1) is 11.6 Å². The Labute approximate surface area is 131 Å². The number of benzene rings is 1. The zero-order chi connectivity index (χ0) is 13.4. The number of rotatable bonds is 8. The first-order valence-electron chi connectivity index (χ1n) is 5.99. The molecular weight excluding hydrogens is 378 g/mol. The SMILES string of the molecule is CCSCCCNCc1cc(Br)cc(Br)c1OC. The van der Waals surface area contributed by atoms with Crippen molar-refractivity contribution in [2.45, 2.75) is 19.9 Å². The molecule has 0 fully saturated rings. The molecular formula is C13H19Br2NOS. The molecule has 0 atom stereocenters. The van der Waals surface area contributed by atoms with Crippen molar-refractivity contribution in [1.29, 1.82) is 0 Å². The van der Waals surface area contributed by atoms with Crippen molar-refractivity contribution in [3.05, 3.63) is 26.6 Å². The number of hydrogen-bond donors (Lipinski definition) is 1. The van der Waals surface area contributed by atoms with Crippen molar-refractivity contribution in [1.82, 2.24) is 5.32 Å². The van der Waals surface area contributed by atoms with E-state index in [1.807, 2.05) is 17.8 Å². The Hall–Kier alpha value is 0.290. The minimum absolute atomic E-state index is 0.831. The van der Waals surface area contributed by atoms with Crippen LogP contribution in [-0.4, -0.2) is 25.2 Å². The average molecular weight is 397 g/mol. The van der Waals surface area contributed by atoms with E-state index in [9.17, 15) is 0 Å². The van der Waals surface area contributed by atoms with Gasteiger partial charge in [0.15, 0.2) is 0 Å². The van der Waals surface area contributed by atoms with Crippen molar-refractivity contribution in [3.63, 3.8) is 0 Å². The molecule has 0 aliphatic rings. The van der Waals surface area contributed by atoms with Crippen molar-refractivity contribution < 1.29 is 4.74 Å². The lowest BCUT2D eigenvalue weighted by molar-refractivity contribution is 0.405. The fourth-order valence-corrected chi connectivity index (χ4v) is 3.75. The van der Waals surface area contributed by atoms with Gasteiger partial charge >= 0.3 is 0 Å². The number of hydrogen-bond acceptors (Lipinski definition) is 3. The smallest absolute Gasteiger partial charge is 0.137 e. The monoisotopic (exact) mass is 395 g/mol. The van der Waals surface area contributed by atoms with Gasteiger partial charge < -0.3 is 10.1 Å². The van der Waals surface area contributed by atoms with Crippen LogP contribution in [0.1, 0.15) is 18.9 Å². The van der Waals surface area contributed by atoms with Gasteiger partial charge in [0.25, 0.3) is 0 Å². The summed E-state index contributed by atoms with van der Waals surface area (Å²) in [5.74, 6) is 3.34. The second kappa shape index (κ2) is 9.23. The summed E-state index contributed by atoms with van der Waals surface area (Å²) in [6.07, 6.45) is 1.20. The van der Waals surface area contributed by atoms with E-state index in [4.69, 9.17) is 4.74 Å². The molecule has 0 radical (unpaired) electrons. The summed E-state index contributed by atoms with van der Waals surface area (Å²) in [7, 11) is 1.70. The molecule has 1 N–H and O–H groups in total. The van der Waals surface area contributed by atoms with Crippen LogP contribution in [0, 0.1) is 0 Å². The number of ether oxygens (including phenoxy) is 1. The van der Waals surface area contributed by atoms with Gasteiger partial charge in [-0.25, -0.2) is 0 Å². The number of nitrogens with one attached hydrogen (secondary N) is 1. The van der Waals surface area contributed by atoms with Crippen LogP contribution >= 0.6 is 43.6 Å². The van der Waals surface area contributed by atoms with Crippen LogP contribution in [-0.2, 0) is 6.54 Å². The Bertz CT molecular complexity index is 374. The van der Waals surface area contributed by atoms with E-state index in [0.29, 0.717) is 0 Å². The fraction of sp³-hybridized carbons (Fsp3) is 0.538. The Morgan fingerprint density at radius 3 is 2.78 bits per heavy atom. The van der Waals surface area contributed by atoms with Crippen molar-refractivity contribution >= 4 is 43.6 Å². The predicted molar refractivity (Wildman–Crippen MR) is 87.7 cm³/mol. The predicted octanol–water partition coefficient (Wildman–Crippen LogP) is 4.45. The number of thioether (sulfide) groups is 1. The highest BCUT2D eigenvalue weighted by atomic mass is 79.9. The second-order valence-electron chi connectivity index (χ2n) is 3.81. The number of methoxy groups -OCH3 is 1. The van der Waals surface area contributed by atoms with Gasteiger partial charge in [0.1, 0.15) is 5.75 Å². The molecule has 0 bridgehead atoms. The molecule has 0 unspecified atom stereocenters. The van der Waals surface area contributed by atoms with Gasteiger partial charge in [-0.3, -0.25) is 0 Å². The zero-order valence-corrected chi connectivity index (χ0v) is 14.8. The van der Waals surface area contributed by atoms with Gasteiger partial charge in [-0.2, -0.15) is 11.8 Å². The third-order valence-electron chi connectivity index (χ3n) is 2.45. The summed E-state index contributed by atoms with van der Waals surface area (Å²) in [6, 6.07) is 4.09. The van der Waals surface area contributed by atoms with Gasteiger partial charge in [-0.1, -0.05) is 22.9 Å². The molecule has 0 aliphatic heterocycles. The van der Waals surface area contributed by atoms with Crippen LogP contribution in [0.25, 0.3) is 0 Å². The fourth-order valence-electron chi connectivity index (χ4n) is 1.64. The lowest BCUT2D eigenvalue weighted by Crippen LogP contribution is -2.16. The molecule has 1 rings (SSSR count). The highest BCUT2D eigenvalue weighted by molar-refractivity contribution is 9.11. The summed E-state index contributed by atoms with van der Waals surface area (Å²) in [4.78, 5) is 0. The lowest BCUT2D eigenvalue weighted by Gasteiger charge is -2.12. The lowest BCUT2D eigenvalue weighted by atomic mass is 10.2. The van der Waals surface area contributed by atoms with Crippen molar-refractivity contribution in [2.75, 3.05) is 25.2 Å². The van der Waals surface area contributed by atoms with E-state index in [1.165, 1.54) is 23.5 Å². The van der Waals surface area contributed by atoms with Crippen LogP contribution in [0.2, 0.25) is 0 Å². The molecule has 0 spiro atoms. The molecule has 102 valence electrons. The van der Waals surface area contributed by atoms with Gasteiger partial charge in [0, 0.05) is 16.6 Å². The molecule has 0 amide bonds. The van der Waals surface area contributed by atoms with E-state index in [-0.39, 0.29) is 0 Å². The molecule has 0 saturated heterocycles. The standard InChI is InChI=1S/C13H19Br2NOS/c1-3-18-6-4-5-16-9-10-7-11(14)8-12(15)13(10)17-2/h7-8,16H,3-6,9H2,1-2H3. The van der Waals surface area contributed by atoms with Crippen LogP contribution in [0.3, 0.4) is 0 Å². The highest BCUT2D eigenvalue weighted by Crippen LogP contribution is 2.32. The first-order chi connectivity index (χ1) is 8.69. The zero-order valence-electron chi connectivity index (χ0n) is 10.8. The number of halogens is 2.